The molecule has 0 unspecified atom stereocenters. The van der Waals surface area contributed by atoms with Crippen molar-refractivity contribution in [2.75, 3.05) is 5.73 Å². The Labute approximate surface area is 108 Å². The van der Waals surface area contributed by atoms with Crippen molar-refractivity contribution < 1.29 is 8.42 Å². The summed E-state index contributed by atoms with van der Waals surface area (Å²) in [5.74, 6) is 0.314. The van der Waals surface area contributed by atoms with Crippen LogP contribution in [0, 0.1) is 0 Å². The van der Waals surface area contributed by atoms with Crippen molar-refractivity contribution in [2.45, 2.75) is 11.6 Å². The van der Waals surface area contributed by atoms with E-state index in [-0.39, 0.29) is 16.6 Å². The summed E-state index contributed by atoms with van der Waals surface area (Å²) in [6.45, 7) is 0.0200. The van der Waals surface area contributed by atoms with Gasteiger partial charge >= 0.3 is 0 Å². The minimum Gasteiger partial charge on any atom is -0.384 e. The molecule has 0 aliphatic heterocycles. The Kier molecular flexibility index (Phi) is 3.28. The summed E-state index contributed by atoms with van der Waals surface area (Å²) in [5.41, 5.74) is 6.10. The fourth-order valence-electron chi connectivity index (χ4n) is 1.40. The molecule has 2 rings (SSSR count). The Morgan fingerprint density at radius 1 is 1.56 bits per heavy atom. The van der Waals surface area contributed by atoms with Crippen LogP contribution in [0.1, 0.15) is 5.56 Å². The minimum atomic E-state index is -3.75. The van der Waals surface area contributed by atoms with E-state index in [2.05, 4.69) is 20.0 Å². The monoisotopic (exact) mass is 290 g/mol. The van der Waals surface area contributed by atoms with Crippen LogP contribution in [0.5, 0.6) is 0 Å². The van der Waals surface area contributed by atoms with Gasteiger partial charge in [-0.1, -0.05) is 11.6 Å². The molecule has 0 fully saturated rings. The van der Waals surface area contributed by atoms with Gasteiger partial charge in [-0.3, -0.25) is 9.78 Å². The summed E-state index contributed by atoms with van der Waals surface area (Å²) >= 11 is 5.78. The van der Waals surface area contributed by atoms with Gasteiger partial charge in [0, 0.05) is 19.2 Å². The van der Waals surface area contributed by atoms with Crippen molar-refractivity contribution in [3.05, 3.63) is 23.0 Å². The summed E-state index contributed by atoms with van der Waals surface area (Å²) in [5, 5.41) is 9.94. The smallest absolute Gasteiger partial charge is 0.259 e. The van der Waals surface area contributed by atoms with Crippen molar-refractivity contribution >= 4 is 27.4 Å². The Morgan fingerprint density at radius 3 is 2.78 bits per heavy atom. The molecule has 0 aliphatic rings. The molecule has 0 saturated heterocycles. The van der Waals surface area contributed by atoms with Crippen molar-refractivity contribution in [3.8, 4) is 0 Å². The molecule has 2 aromatic heterocycles. The summed E-state index contributed by atoms with van der Waals surface area (Å²) in [6.07, 6.45) is 2.71. The van der Waals surface area contributed by atoms with Gasteiger partial charge in [0.2, 0.25) is 0 Å². The first-order valence-electron chi connectivity index (χ1n) is 4.86. The third kappa shape index (κ3) is 2.33. The lowest BCUT2D eigenvalue weighted by Gasteiger charge is -2.06. The molecule has 2 aromatic rings. The fraction of sp³-hybridized carbons (Fsp3) is 0.250. The lowest BCUT2D eigenvalue weighted by atomic mass is 10.3. The second kappa shape index (κ2) is 4.59. The highest BCUT2D eigenvalue weighted by Crippen LogP contribution is 2.20. The number of hydrogen-bond acceptors (Lipinski definition) is 5. The minimum absolute atomic E-state index is 0.0200. The Balaban J connectivity index is 2.21. The molecule has 8 nitrogen and oxygen atoms in total. The number of nitrogen functional groups attached to an aromatic ring is 1. The Morgan fingerprint density at radius 2 is 2.28 bits per heavy atom. The summed E-state index contributed by atoms with van der Waals surface area (Å²) in [6, 6.07) is 0. The molecule has 0 atom stereocenters. The van der Waals surface area contributed by atoms with Crippen LogP contribution < -0.4 is 10.5 Å². The van der Waals surface area contributed by atoms with Crippen LogP contribution >= 0.6 is 11.6 Å². The third-order valence-electron chi connectivity index (χ3n) is 2.30. The van der Waals surface area contributed by atoms with E-state index in [1.54, 1.807) is 0 Å². The highest BCUT2D eigenvalue weighted by Gasteiger charge is 2.22. The summed E-state index contributed by atoms with van der Waals surface area (Å²) < 4.78 is 27.6. The van der Waals surface area contributed by atoms with Crippen LogP contribution in [-0.2, 0) is 23.6 Å². The largest absolute Gasteiger partial charge is 0.384 e. The molecule has 2 heterocycles. The number of hydrogen-bond donors (Lipinski definition) is 3. The number of aryl methyl sites for hydroxylation is 1. The van der Waals surface area contributed by atoms with E-state index in [4.69, 9.17) is 17.3 Å². The lowest BCUT2D eigenvalue weighted by Crippen LogP contribution is -2.25. The average Bonchev–Trinajstić information content (AvgIpc) is 2.83. The molecule has 10 heteroatoms. The van der Waals surface area contributed by atoms with Gasteiger partial charge in [-0.15, -0.1) is 0 Å². The first-order chi connectivity index (χ1) is 8.42. The Bertz CT molecular complexity index is 641. The fourth-order valence-corrected chi connectivity index (χ4v) is 3.06. The number of anilines is 1. The molecule has 0 aliphatic carbocycles. The normalized spacial score (nSPS) is 11.9. The standard InChI is InChI=1S/C8H11ClN6O2S/c1-15-8(6(9)4-12-15)18(16,17)13-3-5-2-11-14-7(5)10/h2,4,13H,3H2,1H3,(H3,10,11,14). The number of nitrogens with zero attached hydrogens (tertiary/aromatic N) is 3. The van der Waals surface area contributed by atoms with Crippen LogP contribution in [0.15, 0.2) is 17.4 Å². The highest BCUT2D eigenvalue weighted by molar-refractivity contribution is 7.89. The molecule has 0 radical (unpaired) electrons. The number of rotatable bonds is 4. The number of aromatic amines is 1. The predicted octanol–water partition coefficient (Wildman–Crippen LogP) is -0.143. The molecule has 4 N–H and O–H groups in total. The molecular formula is C8H11ClN6O2S. The third-order valence-corrected chi connectivity index (χ3v) is 4.21. The average molecular weight is 291 g/mol. The van der Waals surface area contributed by atoms with Crippen LogP contribution in [0.3, 0.4) is 0 Å². The molecule has 98 valence electrons. The maximum atomic E-state index is 12.0. The van der Waals surface area contributed by atoms with E-state index >= 15 is 0 Å². The lowest BCUT2D eigenvalue weighted by molar-refractivity contribution is 0.563. The van der Waals surface area contributed by atoms with Gasteiger partial charge in [-0.05, 0) is 0 Å². The number of nitrogens with one attached hydrogen (secondary N) is 2. The van der Waals surface area contributed by atoms with Crippen molar-refractivity contribution in [2.24, 2.45) is 7.05 Å². The van der Waals surface area contributed by atoms with Crippen LogP contribution in [0.2, 0.25) is 5.02 Å². The highest BCUT2D eigenvalue weighted by atomic mass is 35.5. The van der Waals surface area contributed by atoms with E-state index in [9.17, 15) is 8.42 Å². The zero-order valence-electron chi connectivity index (χ0n) is 9.38. The summed E-state index contributed by atoms with van der Waals surface area (Å²) in [4.78, 5) is 0. The number of sulfonamides is 1. The van der Waals surface area contributed by atoms with E-state index in [0.717, 1.165) is 0 Å². The van der Waals surface area contributed by atoms with Gasteiger partial charge < -0.3 is 5.73 Å². The quantitative estimate of drug-likeness (QED) is 0.724. The van der Waals surface area contributed by atoms with Gasteiger partial charge in [-0.25, -0.2) is 13.1 Å². The Hall–Kier alpha value is -1.58. The number of nitrogens with two attached hydrogens (primary N) is 1. The SMILES string of the molecule is Cn1ncc(Cl)c1S(=O)(=O)NCc1cn[nH]c1N. The van der Waals surface area contributed by atoms with Gasteiger partial charge in [-0.2, -0.15) is 10.2 Å². The zero-order valence-corrected chi connectivity index (χ0v) is 11.0. The van der Waals surface area contributed by atoms with E-state index in [1.807, 2.05) is 0 Å². The van der Waals surface area contributed by atoms with Crippen LogP contribution in [0.25, 0.3) is 0 Å². The van der Waals surface area contributed by atoms with E-state index in [1.165, 1.54) is 24.1 Å². The van der Waals surface area contributed by atoms with Crippen LogP contribution in [-0.4, -0.2) is 28.4 Å². The second-order valence-corrected chi connectivity index (χ2v) is 5.64. The molecule has 0 amide bonds. The van der Waals surface area contributed by atoms with Gasteiger partial charge in [0.1, 0.15) is 5.82 Å². The number of halogens is 1. The zero-order chi connectivity index (χ0) is 13.3. The number of H-pyrrole nitrogens is 1. The van der Waals surface area contributed by atoms with Crippen molar-refractivity contribution in [1.29, 1.82) is 0 Å². The second-order valence-electron chi connectivity index (χ2n) is 3.55. The van der Waals surface area contributed by atoms with Gasteiger partial charge in [0.25, 0.3) is 10.0 Å². The molecule has 0 saturated carbocycles. The molecule has 0 aromatic carbocycles. The first-order valence-corrected chi connectivity index (χ1v) is 6.73. The molecule has 18 heavy (non-hydrogen) atoms. The van der Waals surface area contributed by atoms with Crippen molar-refractivity contribution in [1.82, 2.24) is 24.7 Å². The number of aromatic nitrogens is 4. The molecule has 0 spiro atoms. The van der Waals surface area contributed by atoms with E-state index in [0.29, 0.717) is 11.4 Å². The first kappa shape index (κ1) is 12.9. The van der Waals surface area contributed by atoms with E-state index < -0.39 is 10.0 Å². The van der Waals surface area contributed by atoms with Crippen molar-refractivity contribution in [3.63, 3.8) is 0 Å². The molecule has 0 bridgehead atoms. The topological polar surface area (TPSA) is 119 Å². The van der Waals surface area contributed by atoms with Gasteiger partial charge in [0.15, 0.2) is 5.03 Å². The van der Waals surface area contributed by atoms with Gasteiger partial charge in [0.05, 0.1) is 17.4 Å². The maximum Gasteiger partial charge on any atom is 0.259 e. The molecular weight excluding hydrogens is 280 g/mol. The predicted molar refractivity (Wildman–Crippen MR) is 65.2 cm³/mol. The maximum absolute atomic E-state index is 12.0. The summed E-state index contributed by atoms with van der Waals surface area (Å²) in [7, 11) is -2.26. The van der Waals surface area contributed by atoms with Crippen LogP contribution in [0.4, 0.5) is 5.82 Å².